The fraction of sp³-hybridized carbons (Fsp3) is 0.222. The number of esters is 1. The van der Waals surface area contributed by atoms with Gasteiger partial charge in [-0.2, -0.15) is 4.72 Å². The van der Waals surface area contributed by atoms with Crippen LogP contribution >= 0.6 is 0 Å². The highest BCUT2D eigenvalue weighted by Crippen LogP contribution is 2.10. The van der Waals surface area contributed by atoms with Crippen LogP contribution in [0.4, 0.5) is 4.39 Å². The Labute approximate surface area is 156 Å². The minimum Gasteiger partial charge on any atom is -0.455 e. The maximum absolute atomic E-state index is 13.1. The molecule has 1 amide bonds. The lowest BCUT2D eigenvalue weighted by Gasteiger charge is -2.17. The van der Waals surface area contributed by atoms with E-state index in [-0.39, 0.29) is 4.90 Å². The molecule has 0 atom stereocenters. The van der Waals surface area contributed by atoms with Gasteiger partial charge in [0, 0.05) is 13.6 Å². The normalized spacial score (nSPS) is 11.0. The van der Waals surface area contributed by atoms with Crippen LogP contribution in [0, 0.1) is 5.82 Å². The molecule has 2 aromatic carbocycles. The molecule has 0 spiro atoms. The molecule has 0 bridgehead atoms. The predicted octanol–water partition coefficient (Wildman–Crippen LogP) is 1.31. The number of likely N-dealkylation sites (N-methyl/N-ethyl adjacent to an activating group) is 1. The second-order valence-corrected chi connectivity index (χ2v) is 7.44. The van der Waals surface area contributed by atoms with E-state index in [9.17, 15) is 22.4 Å². The van der Waals surface area contributed by atoms with E-state index in [0.717, 1.165) is 17.7 Å². The molecule has 1 N–H and O–H groups in total. The Morgan fingerprint density at radius 3 is 2.48 bits per heavy atom. The summed E-state index contributed by atoms with van der Waals surface area (Å²) in [6.07, 6.45) is 0. The molecule has 7 nitrogen and oxygen atoms in total. The lowest BCUT2D eigenvalue weighted by Crippen LogP contribution is -2.34. The number of halogens is 1. The molecule has 0 fully saturated rings. The summed E-state index contributed by atoms with van der Waals surface area (Å²) in [5, 5.41) is 0. The molecule has 0 aliphatic rings. The van der Waals surface area contributed by atoms with Crippen molar-refractivity contribution in [3.8, 4) is 0 Å². The number of benzene rings is 2. The van der Waals surface area contributed by atoms with Gasteiger partial charge in [0.25, 0.3) is 5.91 Å². The number of nitrogens with zero attached hydrogens (tertiary/aromatic N) is 1. The van der Waals surface area contributed by atoms with Gasteiger partial charge < -0.3 is 9.64 Å². The van der Waals surface area contributed by atoms with Crippen molar-refractivity contribution in [2.24, 2.45) is 0 Å². The summed E-state index contributed by atoms with van der Waals surface area (Å²) in [4.78, 5) is 24.7. The maximum atomic E-state index is 13.1. The minimum absolute atomic E-state index is 0.311. The zero-order valence-corrected chi connectivity index (χ0v) is 15.4. The van der Waals surface area contributed by atoms with E-state index in [1.807, 2.05) is 35.1 Å². The summed E-state index contributed by atoms with van der Waals surface area (Å²) in [5.41, 5.74) is 0.919. The lowest BCUT2D eigenvalue weighted by atomic mass is 10.2. The summed E-state index contributed by atoms with van der Waals surface area (Å²) in [7, 11) is -2.49. The van der Waals surface area contributed by atoms with Gasteiger partial charge in [0.2, 0.25) is 10.0 Å². The van der Waals surface area contributed by atoms with Gasteiger partial charge in [-0.05, 0) is 23.8 Å². The van der Waals surface area contributed by atoms with E-state index in [1.54, 1.807) is 7.05 Å². The van der Waals surface area contributed by atoms with Crippen LogP contribution in [0.25, 0.3) is 0 Å². The van der Waals surface area contributed by atoms with Gasteiger partial charge in [0.1, 0.15) is 12.4 Å². The number of ether oxygens (including phenoxy) is 1. The third-order valence-corrected chi connectivity index (χ3v) is 4.96. The van der Waals surface area contributed by atoms with Crippen LogP contribution in [0.2, 0.25) is 0 Å². The molecule has 0 heterocycles. The average molecular weight is 394 g/mol. The largest absolute Gasteiger partial charge is 0.455 e. The van der Waals surface area contributed by atoms with Crippen molar-refractivity contribution in [1.82, 2.24) is 9.62 Å². The molecule has 9 heteroatoms. The summed E-state index contributed by atoms with van der Waals surface area (Å²) in [6.45, 7) is -0.832. The Bertz CT molecular complexity index is 903. The Hall–Kier alpha value is -2.78. The molecule has 0 aliphatic carbocycles. The van der Waals surface area contributed by atoms with Crippen LogP contribution in [0.15, 0.2) is 59.5 Å². The van der Waals surface area contributed by atoms with Crippen LogP contribution in [-0.2, 0) is 30.9 Å². The first-order valence-electron chi connectivity index (χ1n) is 7.96. The molecule has 144 valence electrons. The highest BCUT2D eigenvalue weighted by Gasteiger charge is 2.18. The monoisotopic (exact) mass is 394 g/mol. The van der Waals surface area contributed by atoms with Crippen LogP contribution in [-0.4, -0.2) is 45.4 Å². The van der Waals surface area contributed by atoms with Gasteiger partial charge in [-0.15, -0.1) is 0 Å². The summed E-state index contributed by atoms with van der Waals surface area (Å²) in [5.74, 6) is -2.07. The van der Waals surface area contributed by atoms with E-state index in [1.165, 1.54) is 17.0 Å². The molecule has 0 radical (unpaired) electrons. The van der Waals surface area contributed by atoms with Gasteiger partial charge >= 0.3 is 5.97 Å². The van der Waals surface area contributed by atoms with Gasteiger partial charge in [0.05, 0.1) is 4.90 Å². The molecule has 2 aromatic rings. The molecule has 0 saturated heterocycles. The van der Waals surface area contributed by atoms with Crippen LogP contribution < -0.4 is 4.72 Å². The molecule has 0 aromatic heterocycles. The van der Waals surface area contributed by atoms with E-state index in [2.05, 4.69) is 0 Å². The van der Waals surface area contributed by atoms with Gasteiger partial charge in [-0.25, -0.2) is 12.8 Å². The number of carbonyl (C=O) groups is 2. The van der Waals surface area contributed by atoms with Crippen molar-refractivity contribution in [2.45, 2.75) is 11.4 Å². The van der Waals surface area contributed by atoms with Crippen molar-refractivity contribution < 1.29 is 27.1 Å². The quantitative estimate of drug-likeness (QED) is 0.682. The van der Waals surface area contributed by atoms with Crippen molar-refractivity contribution in [2.75, 3.05) is 20.2 Å². The zero-order valence-electron chi connectivity index (χ0n) is 14.6. The second-order valence-electron chi connectivity index (χ2n) is 5.68. The number of hydrogen-bond acceptors (Lipinski definition) is 5. The molecule has 2 rings (SSSR count). The summed E-state index contributed by atoms with van der Waals surface area (Å²) >= 11 is 0. The fourth-order valence-corrected chi connectivity index (χ4v) is 3.12. The van der Waals surface area contributed by atoms with E-state index in [4.69, 9.17) is 4.74 Å². The van der Waals surface area contributed by atoms with E-state index < -0.39 is 40.9 Å². The van der Waals surface area contributed by atoms with Gasteiger partial charge in [0.15, 0.2) is 6.61 Å². The van der Waals surface area contributed by atoms with Crippen LogP contribution in [0.3, 0.4) is 0 Å². The van der Waals surface area contributed by atoms with Crippen molar-refractivity contribution in [1.29, 1.82) is 0 Å². The number of nitrogens with one attached hydrogen (secondary N) is 1. The van der Waals surface area contributed by atoms with E-state index in [0.29, 0.717) is 6.54 Å². The molecule has 0 aliphatic heterocycles. The zero-order chi connectivity index (χ0) is 19.9. The summed E-state index contributed by atoms with van der Waals surface area (Å²) < 4.78 is 43.9. The van der Waals surface area contributed by atoms with E-state index >= 15 is 0 Å². The fourth-order valence-electron chi connectivity index (χ4n) is 2.12. The first-order valence-corrected chi connectivity index (χ1v) is 9.45. The topological polar surface area (TPSA) is 92.8 Å². The van der Waals surface area contributed by atoms with Crippen molar-refractivity contribution in [3.05, 3.63) is 66.0 Å². The predicted molar refractivity (Wildman–Crippen MR) is 95.5 cm³/mol. The molecule has 27 heavy (non-hydrogen) atoms. The standard InChI is InChI=1S/C18H19FN2O5S/c1-21(12-14-6-3-2-4-7-14)17(22)13-26-18(23)11-20-27(24,25)16-9-5-8-15(19)10-16/h2-10,20H,11-13H2,1H3. The minimum atomic E-state index is -4.06. The first kappa shape index (κ1) is 20.5. The highest BCUT2D eigenvalue weighted by molar-refractivity contribution is 7.89. The first-order chi connectivity index (χ1) is 12.8. The van der Waals surface area contributed by atoms with Crippen molar-refractivity contribution >= 4 is 21.9 Å². The second kappa shape index (κ2) is 9.24. The number of amides is 1. The number of sulfonamides is 1. The number of hydrogen-bond donors (Lipinski definition) is 1. The average Bonchev–Trinajstić information content (AvgIpc) is 2.65. The Balaban J connectivity index is 1.79. The van der Waals surface area contributed by atoms with Gasteiger partial charge in [-0.1, -0.05) is 36.4 Å². The van der Waals surface area contributed by atoms with Crippen molar-refractivity contribution in [3.63, 3.8) is 0 Å². The van der Waals surface area contributed by atoms with Crippen LogP contribution in [0.1, 0.15) is 5.56 Å². The number of rotatable bonds is 8. The smallest absolute Gasteiger partial charge is 0.321 e. The van der Waals surface area contributed by atoms with Crippen LogP contribution in [0.5, 0.6) is 0 Å². The maximum Gasteiger partial charge on any atom is 0.321 e. The summed E-state index contributed by atoms with van der Waals surface area (Å²) in [6, 6.07) is 13.6. The SMILES string of the molecule is CN(Cc1ccccc1)C(=O)COC(=O)CNS(=O)(=O)c1cccc(F)c1. The Morgan fingerprint density at radius 2 is 1.81 bits per heavy atom. The highest BCUT2D eigenvalue weighted by atomic mass is 32.2. The Morgan fingerprint density at radius 1 is 1.11 bits per heavy atom. The lowest BCUT2D eigenvalue weighted by molar-refractivity contribution is -0.150. The molecule has 0 saturated carbocycles. The van der Waals surface area contributed by atoms with Gasteiger partial charge in [-0.3, -0.25) is 9.59 Å². The third-order valence-electron chi connectivity index (χ3n) is 3.56. The third kappa shape index (κ3) is 6.46. The number of carbonyl (C=O) groups excluding carboxylic acids is 2. The molecular weight excluding hydrogens is 375 g/mol. The molecule has 0 unspecified atom stereocenters. The molecular formula is C18H19FN2O5S. The Kier molecular flexibility index (Phi) is 7.03.